The molecule has 0 aliphatic carbocycles. The minimum absolute atomic E-state index is 0.0234. The summed E-state index contributed by atoms with van der Waals surface area (Å²) in [6.45, 7) is 9.05. The average molecular weight is 345 g/mol. The molecule has 1 atom stereocenters. The molecule has 1 aromatic heterocycles. The predicted octanol–water partition coefficient (Wildman–Crippen LogP) is 1.04. The van der Waals surface area contributed by atoms with Crippen LogP contribution in [0.2, 0.25) is 0 Å². The van der Waals surface area contributed by atoms with E-state index in [4.69, 9.17) is 0 Å². The lowest BCUT2D eigenvalue weighted by Gasteiger charge is -2.49. The van der Waals surface area contributed by atoms with E-state index in [1.165, 1.54) is 0 Å². The van der Waals surface area contributed by atoms with E-state index in [9.17, 15) is 9.59 Å². The second kappa shape index (κ2) is 7.00. The number of piperazine rings is 1. The summed E-state index contributed by atoms with van der Waals surface area (Å²) in [4.78, 5) is 38.5. The molecule has 25 heavy (non-hydrogen) atoms. The molecule has 0 saturated carbocycles. The van der Waals surface area contributed by atoms with Gasteiger partial charge in [0.25, 0.3) is 5.91 Å². The Bertz CT molecular complexity index is 670. The molecule has 0 radical (unpaired) electrons. The van der Waals surface area contributed by atoms with Gasteiger partial charge >= 0.3 is 0 Å². The Kier molecular flexibility index (Phi) is 4.94. The van der Waals surface area contributed by atoms with Gasteiger partial charge in [-0.05, 0) is 26.8 Å². The molecule has 2 aliphatic rings. The summed E-state index contributed by atoms with van der Waals surface area (Å²) in [6.07, 6.45) is 5.50. The Morgan fingerprint density at radius 3 is 2.88 bits per heavy atom. The summed E-state index contributed by atoms with van der Waals surface area (Å²) in [5, 5.41) is 0. The number of imidazole rings is 1. The number of likely N-dealkylation sites (tertiary alicyclic amines) is 1. The quantitative estimate of drug-likeness (QED) is 0.831. The molecule has 0 bridgehead atoms. The van der Waals surface area contributed by atoms with Crippen molar-refractivity contribution in [1.82, 2.24) is 24.7 Å². The van der Waals surface area contributed by atoms with E-state index < -0.39 is 0 Å². The third-order valence-corrected chi connectivity index (χ3v) is 5.67. The lowest BCUT2D eigenvalue weighted by atomic mass is 9.86. The topological polar surface area (TPSA) is 72.5 Å². The van der Waals surface area contributed by atoms with E-state index in [0.29, 0.717) is 38.3 Å². The van der Waals surface area contributed by atoms with Gasteiger partial charge in [0.15, 0.2) is 0 Å². The smallest absolute Gasteiger partial charge is 0.274 e. The third-order valence-electron chi connectivity index (χ3n) is 5.67. The van der Waals surface area contributed by atoms with E-state index >= 15 is 0 Å². The number of H-pyrrole nitrogens is 1. The van der Waals surface area contributed by atoms with Gasteiger partial charge in [0.05, 0.1) is 6.33 Å². The number of hydrogen-bond acceptors (Lipinski definition) is 4. The number of nitrogens with one attached hydrogen (secondary N) is 1. The summed E-state index contributed by atoms with van der Waals surface area (Å²) in [5.74, 6) is 0.154. The number of aromatic nitrogens is 2. The second-order valence-corrected chi connectivity index (χ2v) is 7.13. The summed E-state index contributed by atoms with van der Waals surface area (Å²) in [7, 11) is 2.11. The van der Waals surface area contributed by atoms with Gasteiger partial charge in [0.2, 0.25) is 5.91 Å². The first-order valence-electron chi connectivity index (χ1n) is 8.86. The molecule has 1 spiro atoms. The highest BCUT2D eigenvalue weighted by Crippen LogP contribution is 2.32. The van der Waals surface area contributed by atoms with Crippen molar-refractivity contribution in [2.75, 3.05) is 39.8 Å². The van der Waals surface area contributed by atoms with E-state index in [0.717, 1.165) is 25.1 Å². The fourth-order valence-corrected chi connectivity index (χ4v) is 3.94. The summed E-state index contributed by atoms with van der Waals surface area (Å²) in [5.41, 5.74) is 1.15. The van der Waals surface area contributed by atoms with Gasteiger partial charge in [-0.2, -0.15) is 0 Å². The van der Waals surface area contributed by atoms with Crippen molar-refractivity contribution in [2.24, 2.45) is 0 Å². The van der Waals surface area contributed by atoms with Gasteiger partial charge in [-0.1, -0.05) is 6.08 Å². The number of hydrogen-bond donors (Lipinski definition) is 1. The minimum Gasteiger partial charge on any atom is -0.348 e. The van der Waals surface area contributed by atoms with Gasteiger partial charge in [-0.15, -0.1) is 6.58 Å². The zero-order valence-electron chi connectivity index (χ0n) is 15.1. The van der Waals surface area contributed by atoms with Gasteiger partial charge in [-0.3, -0.25) is 14.5 Å². The Morgan fingerprint density at radius 2 is 2.20 bits per heavy atom. The molecule has 0 aromatic carbocycles. The van der Waals surface area contributed by atoms with Crippen molar-refractivity contribution >= 4 is 11.8 Å². The summed E-state index contributed by atoms with van der Waals surface area (Å²) >= 11 is 0. The summed E-state index contributed by atoms with van der Waals surface area (Å²) in [6, 6.07) is 0. The summed E-state index contributed by atoms with van der Waals surface area (Å²) < 4.78 is 0. The number of rotatable bonds is 3. The van der Waals surface area contributed by atoms with Crippen molar-refractivity contribution in [1.29, 1.82) is 0 Å². The molecule has 2 aliphatic heterocycles. The number of aryl methyl sites for hydroxylation is 1. The lowest BCUT2D eigenvalue weighted by Crippen LogP contribution is -2.62. The SMILES string of the molecule is C=CCN1CC[C@@]2(CCC1=O)CN(C(=O)c1nc[nH]c1C)CCN2C. The number of likely N-dealkylation sites (N-methyl/N-ethyl adjacent to an activating group) is 1. The van der Waals surface area contributed by atoms with Crippen molar-refractivity contribution < 1.29 is 9.59 Å². The van der Waals surface area contributed by atoms with Crippen LogP contribution in [0.5, 0.6) is 0 Å². The molecule has 1 N–H and O–H groups in total. The molecule has 3 heterocycles. The highest BCUT2D eigenvalue weighted by molar-refractivity contribution is 5.93. The molecule has 2 saturated heterocycles. The Balaban J connectivity index is 1.78. The molecular formula is C18H27N5O2. The zero-order valence-corrected chi connectivity index (χ0v) is 15.1. The maximum atomic E-state index is 12.9. The van der Waals surface area contributed by atoms with Gasteiger partial charge < -0.3 is 14.8 Å². The third kappa shape index (κ3) is 3.33. The number of nitrogens with zero attached hydrogens (tertiary/aromatic N) is 4. The van der Waals surface area contributed by atoms with Crippen LogP contribution in [0.1, 0.15) is 35.4 Å². The number of amides is 2. The van der Waals surface area contributed by atoms with Crippen LogP contribution in [0.3, 0.4) is 0 Å². The van der Waals surface area contributed by atoms with Crippen LogP contribution in [0.15, 0.2) is 19.0 Å². The molecule has 7 nitrogen and oxygen atoms in total. The monoisotopic (exact) mass is 345 g/mol. The van der Waals surface area contributed by atoms with Crippen molar-refractivity contribution in [2.45, 2.75) is 31.7 Å². The number of carbonyl (C=O) groups excluding carboxylic acids is 2. The molecule has 0 unspecified atom stereocenters. The van der Waals surface area contributed by atoms with Crippen LogP contribution in [0, 0.1) is 6.92 Å². The lowest BCUT2D eigenvalue weighted by molar-refractivity contribution is -0.130. The van der Waals surface area contributed by atoms with Gasteiger partial charge in [0.1, 0.15) is 5.69 Å². The molecule has 3 rings (SSSR count). The Hall–Kier alpha value is -2.15. The van der Waals surface area contributed by atoms with Gasteiger partial charge in [-0.25, -0.2) is 4.98 Å². The first-order chi connectivity index (χ1) is 12.0. The molecule has 136 valence electrons. The van der Waals surface area contributed by atoms with Crippen molar-refractivity contribution in [3.8, 4) is 0 Å². The fraction of sp³-hybridized carbons (Fsp3) is 0.611. The number of aromatic amines is 1. The van der Waals surface area contributed by atoms with Crippen LogP contribution < -0.4 is 0 Å². The molecule has 2 amide bonds. The van der Waals surface area contributed by atoms with E-state index in [2.05, 4.69) is 28.5 Å². The standard InChI is InChI=1S/C18H27N5O2/c1-4-8-22-9-7-18(6-5-15(22)24)12-23(11-10-21(18)3)17(25)16-14(2)19-13-20-16/h4,13H,1,5-12H2,2-3H3,(H,19,20)/t18-/m0/s1. The Labute approximate surface area is 148 Å². The predicted molar refractivity (Wildman–Crippen MR) is 95.2 cm³/mol. The van der Waals surface area contributed by atoms with Crippen LogP contribution in [0.4, 0.5) is 0 Å². The normalized spacial score (nSPS) is 25.3. The molecule has 1 aromatic rings. The van der Waals surface area contributed by atoms with Crippen molar-refractivity contribution in [3.05, 3.63) is 30.4 Å². The maximum Gasteiger partial charge on any atom is 0.274 e. The number of carbonyl (C=O) groups is 2. The minimum atomic E-state index is -0.149. The average Bonchev–Trinajstić information content (AvgIpc) is 2.97. The first kappa shape index (κ1) is 17.7. The van der Waals surface area contributed by atoms with Crippen LogP contribution in [-0.4, -0.2) is 81.8 Å². The fourth-order valence-electron chi connectivity index (χ4n) is 3.94. The molecular weight excluding hydrogens is 318 g/mol. The highest BCUT2D eigenvalue weighted by Gasteiger charge is 2.43. The first-order valence-corrected chi connectivity index (χ1v) is 8.86. The maximum absolute atomic E-state index is 12.9. The largest absolute Gasteiger partial charge is 0.348 e. The van der Waals surface area contributed by atoms with E-state index in [1.54, 1.807) is 12.4 Å². The second-order valence-electron chi connectivity index (χ2n) is 7.13. The molecule has 2 fully saturated rings. The van der Waals surface area contributed by atoms with Crippen molar-refractivity contribution in [3.63, 3.8) is 0 Å². The Morgan fingerprint density at radius 1 is 1.40 bits per heavy atom. The van der Waals surface area contributed by atoms with Crippen LogP contribution in [0.25, 0.3) is 0 Å². The zero-order chi connectivity index (χ0) is 18.0. The van der Waals surface area contributed by atoms with Crippen LogP contribution in [-0.2, 0) is 4.79 Å². The van der Waals surface area contributed by atoms with Gasteiger partial charge in [0, 0.05) is 50.4 Å². The highest BCUT2D eigenvalue weighted by atomic mass is 16.2. The van der Waals surface area contributed by atoms with Crippen LogP contribution >= 0.6 is 0 Å². The molecule has 7 heteroatoms. The van der Waals surface area contributed by atoms with E-state index in [-0.39, 0.29) is 17.4 Å². The van der Waals surface area contributed by atoms with E-state index in [1.807, 2.05) is 16.7 Å².